The van der Waals surface area contributed by atoms with Crippen molar-refractivity contribution in [3.8, 4) is 0 Å². The molecule has 0 aromatic carbocycles. The van der Waals surface area contributed by atoms with Crippen LogP contribution in [0.5, 0.6) is 0 Å². The summed E-state index contributed by atoms with van der Waals surface area (Å²) in [5, 5.41) is 0.227. The Morgan fingerprint density at radius 2 is 2.39 bits per heavy atom. The Labute approximate surface area is 119 Å². The van der Waals surface area contributed by atoms with Crippen molar-refractivity contribution in [2.75, 3.05) is 13.3 Å². The Balaban J connectivity index is 2.19. The van der Waals surface area contributed by atoms with Crippen molar-refractivity contribution in [1.82, 2.24) is 9.88 Å². The lowest BCUT2D eigenvalue weighted by atomic mass is 10.2. The third kappa shape index (κ3) is 3.22. The summed E-state index contributed by atoms with van der Waals surface area (Å²) in [5.74, 6) is -0.121. The number of carbonyl (C=O) groups is 1. The SMILES string of the molecule is CCOCN(C(=O)c1cc(Br)cnc1Cl)C1CC1. The van der Waals surface area contributed by atoms with Crippen molar-refractivity contribution in [3.05, 3.63) is 27.5 Å². The van der Waals surface area contributed by atoms with Crippen molar-refractivity contribution in [1.29, 1.82) is 0 Å². The van der Waals surface area contributed by atoms with Crippen LogP contribution in [0.2, 0.25) is 5.15 Å². The van der Waals surface area contributed by atoms with Crippen LogP contribution in [-0.4, -0.2) is 35.2 Å². The first-order chi connectivity index (χ1) is 8.63. The summed E-state index contributed by atoms with van der Waals surface area (Å²) in [4.78, 5) is 18.1. The molecular formula is C12H14BrClN2O2. The Bertz CT molecular complexity index is 452. The molecule has 1 aliphatic rings. The van der Waals surface area contributed by atoms with Crippen molar-refractivity contribution in [2.24, 2.45) is 0 Å². The van der Waals surface area contributed by atoms with Gasteiger partial charge in [-0.2, -0.15) is 0 Å². The highest BCUT2D eigenvalue weighted by atomic mass is 79.9. The first-order valence-corrected chi connectivity index (χ1v) is 7.00. The summed E-state index contributed by atoms with van der Waals surface area (Å²) >= 11 is 9.27. The van der Waals surface area contributed by atoms with Gasteiger partial charge in [-0.15, -0.1) is 0 Å². The Morgan fingerprint density at radius 1 is 1.67 bits per heavy atom. The minimum absolute atomic E-state index is 0.121. The van der Waals surface area contributed by atoms with E-state index in [1.807, 2.05) is 6.92 Å². The van der Waals surface area contributed by atoms with Gasteiger partial charge in [-0.25, -0.2) is 4.98 Å². The van der Waals surface area contributed by atoms with E-state index in [4.69, 9.17) is 16.3 Å². The van der Waals surface area contributed by atoms with Gasteiger partial charge in [0.25, 0.3) is 5.91 Å². The number of nitrogens with zero attached hydrogens (tertiary/aromatic N) is 2. The zero-order chi connectivity index (χ0) is 13.1. The molecule has 0 unspecified atom stereocenters. The highest BCUT2D eigenvalue weighted by Crippen LogP contribution is 2.29. The molecule has 1 heterocycles. The molecule has 1 aromatic rings. The molecule has 0 aliphatic heterocycles. The average Bonchev–Trinajstić information content (AvgIpc) is 3.17. The van der Waals surface area contributed by atoms with Gasteiger partial charge in [-0.1, -0.05) is 11.6 Å². The molecule has 0 saturated heterocycles. The van der Waals surface area contributed by atoms with Crippen LogP contribution < -0.4 is 0 Å². The van der Waals surface area contributed by atoms with E-state index < -0.39 is 0 Å². The standard InChI is InChI=1S/C12H14BrClN2O2/c1-2-18-7-16(9-3-4-9)12(17)10-5-8(13)6-15-11(10)14/h5-6,9H,2-4,7H2,1H3. The number of pyridine rings is 1. The van der Waals surface area contributed by atoms with E-state index in [0.29, 0.717) is 18.9 Å². The summed E-state index contributed by atoms with van der Waals surface area (Å²) in [6.07, 6.45) is 3.62. The first kappa shape index (κ1) is 13.8. The first-order valence-electron chi connectivity index (χ1n) is 5.83. The smallest absolute Gasteiger partial charge is 0.259 e. The molecule has 0 bridgehead atoms. The number of halogens is 2. The van der Waals surface area contributed by atoms with Crippen LogP contribution in [0, 0.1) is 0 Å². The van der Waals surface area contributed by atoms with E-state index in [2.05, 4.69) is 20.9 Å². The number of ether oxygens (including phenoxy) is 1. The van der Waals surface area contributed by atoms with Gasteiger partial charge < -0.3 is 9.64 Å². The quantitative estimate of drug-likeness (QED) is 0.614. The van der Waals surface area contributed by atoms with Gasteiger partial charge in [0.15, 0.2) is 0 Å². The lowest BCUT2D eigenvalue weighted by Crippen LogP contribution is -2.35. The number of rotatable bonds is 5. The van der Waals surface area contributed by atoms with E-state index in [-0.39, 0.29) is 17.1 Å². The van der Waals surface area contributed by atoms with Gasteiger partial charge in [0.1, 0.15) is 11.9 Å². The summed E-state index contributed by atoms with van der Waals surface area (Å²) in [6.45, 7) is 2.80. The lowest BCUT2D eigenvalue weighted by Gasteiger charge is -2.22. The number of amides is 1. The molecule has 1 aromatic heterocycles. The van der Waals surface area contributed by atoms with Crippen LogP contribution in [0.3, 0.4) is 0 Å². The number of hydrogen-bond acceptors (Lipinski definition) is 3. The largest absolute Gasteiger partial charge is 0.361 e. The van der Waals surface area contributed by atoms with E-state index >= 15 is 0 Å². The summed E-state index contributed by atoms with van der Waals surface area (Å²) in [7, 11) is 0. The minimum atomic E-state index is -0.121. The summed E-state index contributed by atoms with van der Waals surface area (Å²) in [6, 6.07) is 1.97. The molecule has 6 heteroatoms. The number of aromatic nitrogens is 1. The number of carbonyl (C=O) groups excluding carboxylic acids is 1. The van der Waals surface area contributed by atoms with Crippen LogP contribution in [0.25, 0.3) is 0 Å². The van der Waals surface area contributed by atoms with E-state index in [1.165, 1.54) is 0 Å². The molecule has 2 rings (SSSR count). The summed E-state index contributed by atoms with van der Waals surface area (Å²) in [5.41, 5.74) is 0.414. The van der Waals surface area contributed by atoms with Crippen molar-refractivity contribution in [2.45, 2.75) is 25.8 Å². The molecule has 1 saturated carbocycles. The molecular weight excluding hydrogens is 320 g/mol. The third-order valence-electron chi connectivity index (χ3n) is 2.72. The molecule has 1 amide bonds. The highest BCUT2D eigenvalue weighted by Gasteiger charge is 2.34. The molecule has 4 nitrogen and oxygen atoms in total. The van der Waals surface area contributed by atoms with Crippen LogP contribution in [0.1, 0.15) is 30.1 Å². The normalized spacial score (nSPS) is 14.6. The lowest BCUT2D eigenvalue weighted by molar-refractivity contribution is 0.0252. The second-order valence-electron chi connectivity index (χ2n) is 4.12. The second kappa shape index (κ2) is 5.99. The minimum Gasteiger partial charge on any atom is -0.361 e. The molecule has 1 fully saturated rings. The highest BCUT2D eigenvalue weighted by molar-refractivity contribution is 9.10. The zero-order valence-corrected chi connectivity index (χ0v) is 12.4. The zero-order valence-electron chi connectivity index (χ0n) is 10.0. The molecule has 0 N–H and O–H groups in total. The van der Waals surface area contributed by atoms with Crippen molar-refractivity contribution in [3.63, 3.8) is 0 Å². The Morgan fingerprint density at radius 3 is 3.00 bits per heavy atom. The summed E-state index contributed by atoms with van der Waals surface area (Å²) < 4.78 is 6.08. The Hall–Kier alpha value is -0.650. The molecule has 18 heavy (non-hydrogen) atoms. The predicted molar refractivity (Wildman–Crippen MR) is 72.6 cm³/mol. The van der Waals surface area contributed by atoms with Crippen molar-refractivity contribution >= 4 is 33.4 Å². The fraction of sp³-hybridized carbons (Fsp3) is 0.500. The second-order valence-corrected chi connectivity index (χ2v) is 5.39. The van der Waals surface area contributed by atoms with E-state index in [9.17, 15) is 4.79 Å². The average molecular weight is 334 g/mol. The van der Waals surface area contributed by atoms with E-state index in [1.54, 1.807) is 17.2 Å². The topological polar surface area (TPSA) is 42.4 Å². The fourth-order valence-corrected chi connectivity index (χ4v) is 2.15. The van der Waals surface area contributed by atoms with Gasteiger partial charge in [0, 0.05) is 23.3 Å². The van der Waals surface area contributed by atoms with Gasteiger partial charge in [0.2, 0.25) is 0 Å². The van der Waals surface area contributed by atoms with Gasteiger partial charge in [0.05, 0.1) is 5.56 Å². The van der Waals surface area contributed by atoms with E-state index in [0.717, 1.165) is 17.3 Å². The van der Waals surface area contributed by atoms with Crippen LogP contribution in [0.4, 0.5) is 0 Å². The van der Waals surface area contributed by atoms with Crippen LogP contribution >= 0.6 is 27.5 Å². The van der Waals surface area contributed by atoms with Gasteiger partial charge in [-0.3, -0.25) is 4.79 Å². The number of hydrogen-bond donors (Lipinski definition) is 0. The third-order valence-corrected chi connectivity index (χ3v) is 3.45. The predicted octanol–water partition coefficient (Wildman–Crippen LogP) is 3.10. The monoisotopic (exact) mass is 332 g/mol. The molecule has 0 atom stereocenters. The van der Waals surface area contributed by atoms with Crippen molar-refractivity contribution < 1.29 is 9.53 Å². The maximum atomic E-state index is 12.4. The molecule has 0 radical (unpaired) electrons. The maximum Gasteiger partial charge on any atom is 0.259 e. The fourth-order valence-electron chi connectivity index (χ4n) is 1.63. The van der Waals surface area contributed by atoms with Gasteiger partial charge >= 0.3 is 0 Å². The Kier molecular flexibility index (Phi) is 4.59. The molecule has 98 valence electrons. The molecule has 1 aliphatic carbocycles. The van der Waals surface area contributed by atoms with Crippen LogP contribution in [-0.2, 0) is 4.74 Å². The van der Waals surface area contributed by atoms with Crippen LogP contribution in [0.15, 0.2) is 16.7 Å². The van der Waals surface area contributed by atoms with Gasteiger partial charge in [-0.05, 0) is 41.8 Å². The molecule has 0 spiro atoms. The maximum absolute atomic E-state index is 12.4.